The fourth-order valence-corrected chi connectivity index (χ4v) is 2.56. The van der Waals surface area contributed by atoms with Crippen molar-refractivity contribution in [3.63, 3.8) is 0 Å². The predicted octanol–water partition coefficient (Wildman–Crippen LogP) is 2.71. The summed E-state index contributed by atoms with van der Waals surface area (Å²) in [5.74, 6) is 0.945. The van der Waals surface area contributed by atoms with E-state index in [9.17, 15) is 4.79 Å². The van der Waals surface area contributed by atoms with Crippen molar-refractivity contribution in [2.24, 2.45) is 5.10 Å². The highest BCUT2D eigenvalue weighted by Gasteiger charge is 2.06. The molecule has 0 spiro atoms. The van der Waals surface area contributed by atoms with E-state index in [1.165, 1.54) is 0 Å². The molecule has 0 aliphatic carbocycles. The van der Waals surface area contributed by atoms with E-state index in [0.717, 1.165) is 11.1 Å². The zero-order valence-electron chi connectivity index (χ0n) is 15.1. The van der Waals surface area contributed by atoms with Crippen LogP contribution in [0.15, 0.2) is 66.0 Å². The first-order valence-electron chi connectivity index (χ1n) is 8.31. The van der Waals surface area contributed by atoms with Gasteiger partial charge in [0.05, 0.1) is 27.0 Å². The highest BCUT2D eigenvalue weighted by atomic mass is 16.5. The lowest BCUT2D eigenvalue weighted by Crippen LogP contribution is -2.18. The van der Waals surface area contributed by atoms with Gasteiger partial charge in [0.25, 0.3) is 5.91 Å². The molecular formula is C20H20N4O3. The molecule has 0 saturated heterocycles. The van der Waals surface area contributed by atoms with E-state index in [4.69, 9.17) is 9.47 Å². The molecule has 1 aromatic heterocycles. The summed E-state index contributed by atoms with van der Waals surface area (Å²) in [6, 6.07) is 14.6. The lowest BCUT2D eigenvalue weighted by atomic mass is 10.1. The van der Waals surface area contributed by atoms with Crippen molar-refractivity contribution in [1.82, 2.24) is 15.2 Å². The van der Waals surface area contributed by atoms with Gasteiger partial charge < -0.3 is 9.47 Å². The van der Waals surface area contributed by atoms with Crippen LogP contribution in [0.5, 0.6) is 11.5 Å². The average molecular weight is 364 g/mol. The second-order valence-corrected chi connectivity index (χ2v) is 5.72. The van der Waals surface area contributed by atoms with Gasteiger partial charge in [-0.2, -0.15) is 10.2 Å². The number of benzene rings is 2. The number of nitrogens with one attached hydrogen (secondary N) is 1. The quantitative estimate of drug-likeness (QED) is 0.516. The molecule has 3 rings (SSSR count). The first-order valence-corrected chi connectivity index (χ1v) is 8.31. The molecule has 0 atom stereocenters. The number of carbonyl (C=O) groups excluding carboxylic acids is 1. The van der Waals surface area contributed by atoms with Crippen LogP contribution in [0, 0.1) is 0 Å². The van der Waals surface area contributed by atoms with Crippen LogP contribution in [0.1, 0.15) is 21.5 Å². The Hall–Kier alpha value is -3.61. The first-order chi connectivity index (χ1) is 13.2. The van der Waals surface area contributed by atoms with Gasteiger partial charge in [-0.25, -0.2) is 5.43 Å². The van der Waals surface area contributed by atoms with E-state index >= 15 is 0 Å². The van der Waals surface area contributed by atoms with Crippen LogP contribution in [0.4, 0.5) is 0 Å². The second kappa shape index (κ2) is 8.66. The first kappa shape index (κ1) is 18.2. The van der Waals surface area contributed by atoms with Crippen molar-refractivity contribution >= 4 is 12.1 Å². The van der Waals surface area contributed by atoms with Gasteiger partial charge in [-0.15, -0.1) is 0 Å². The molecular weight excluding hydrogens is 344 g/mol. The summed E-state index contributed by atoms with van der Waals surface area (Å²) in [6.45, 7) is 0.600. The Morgan fingerprint density at radius 3 is 2.74 bits per heavy atom. The van der Waals surface area contributed by atoms with Crippen LogP contribution >= 0.6 is 0 Å². The van der Waals surface area contributed by atoms with Gasteiger partial charge in [0.2, 0.25) is 0 Å². The van der Waals surface area contributed by atoms with Crippen molar-refractivity contribution < 1.29 is 14.3 Å². The molecule has 138 valence electrons. The monoisotopic (exact) mass is 364 g/mol. The number of amides is 1. The van der Waals surface area contributed by atoms with Gasteiger partial charge in [0.1, 0.15) is 0 Å². The second-order valence-electron chi connectivity index (χ2n) is 5.72. The Morgan fingerprint density at radius 1 is 1.15 bits per heavy atom. The van der Waals surface area contributed by atoms with E-state index < -0.39 is 0 Å². The molecule has 1 heterocycles. The zero-order chi connectivity index (χ0) is 19.1. The maximum absolute atomic E-state index is 12.3. The van der Waals surface area contributed by atoms with Crippen LogP contribution in [-0.4, -0.2) is 36.1 Å². The molecule has 0 aliphatic rings. The van der Waals surface area contributed by atoms with Crippen molar-refractivity contribution in [2.45, 2.75) is 6.54 Å². The van der Waals surface area contributed by atoms with Crippen LogP contribution in [0.25, 0.3) is 0 Å². The number of nitrogens with zero attached hydrogens (tertiary/aromatic N) is 3. The van der Waals surface area contributed by atoms with Crippen LogP contribution < -0.4 is 14.9 Å². The topological polar surface area (TPSA) is 77.7 Å². The zero-order valence-corrected chi connectivity index (χ0v) is 15.1. The van der Waals surface area contributed by atoms with E-state index in [1.54, 1.807) is 49.5 Å². The largest absolute Gasteiger partial charge is 0.493 e. The minimum absolute atomic E-state index is 0.283. The smallest absolute Gasteiger partial charge is 0.271 e. The Labute approximate surface area is 157 Å². The van der Waals surface area contributed by atoms with E-state index in [-0.39, 0.29) is 5.91 Å². The van der Waals surface area contributed by atoms with E-state index in [0.29, 0.717) is 23.6 Å². The normalized spacial score (nSPS) is 10.7. The van der Waals surface area contributed by atoms with Gasteiger partial charge in [0.15, 0.2) is 11.5 Å². The summed E-state index contributed by atoms with van der Waals surface area (Å²) in [7, 11) is 3.14. The maximum atomic E-state index is 12.3. The lowest BCUT2D eigenvalue weighted by Gasteiger charge is -2.07. The van der Waals surface area contributed by atoms with Gasteiger partial charge in [-0.1, -0.05) is 12.1 Å². The minimum Gasteiger partial charge on any atom is -0.493 e. The molecule has 7 nitrogen and oxygen atoms in total. The van der Waals surface area contributed by atoms with Crippen molar-refractivity contribution in [3.8, 4) is 11.5 Å². The molecule has 0 aliphatic heterocycles. The minimum atomic E-state index is -0.283. The van der Waals surface area contributed by atoms with Crippen molar-refractivity contribution in [2.75, 3.05) is 14.2 Å². The summed E-state index contributed by atoms with van der Waals surface area (Å²) < 4.78 is 12.2. The number of methoxy groups -OCH3 is 2. The number of carbonyl (C=O) groups is 1. The Bertz CT molecular complexity index is 936. The summed E-state index contributed by atoms with van der Waals surface area (Å²) in [5.41, 5.74) is 4.83. The third kappa shape index (κ3) is 4.72. The fraction of sp³-hybridized carbons (Fsp3) is 0.150. The number of ether oxygens (including phenoxy) is 2. The number of hydrogen-bond acceptors (Lipinski definition) is 5. The predicted molar refractivity (Wildman–Crippen MR) is 102 cm³/mol. The Balaban J connectivity index is 1.64. The molecule has 2 aromatic carbocycles. The molecule has 0 radical (unpaired) electrons. The standard InChI is InChI=1S/C20H20N4O3/c1-26-18-8-7-15(12-19(18)27-2)13-21-23-20(25)17-6-3-5-16(11-17)14-24-10-4-9-22-24/h3-13H,14H2,1-2H3,(H,23,25)/b21-13+. The molecule has 3 aromatic rings. The highest BCUT2D eigenvalue weighted by molar-refractivity contribution is 5.95. The van der Waals surface area contributed by atoms with Crippen LogP contribution in [0.3, 0.4) is 0 Å². The number of aromatic nitrogens is 2. The molecule has 27 heavy (non-hydrogen) atoms. The Kier molecular flexibility index (Phi) is 5.84. The molecule has 0 fully saturated rings. The lowest BCUT2D eigenvalue weighted by molar-refractivity contribution is 0.0955. The van der Waals surface area contributed by atoms with E-state index in [1.807, 2.05) is 36.5 Å². The summed E-state index contributed by atoms with van der Waals surface area (Å²) in [4.78, 5) is 12.3. The SMILES string of the molecule is COc1ccc(/C=N/NC(=O)c2cccc(Cn3cccn3)c2)cc1OC. The fourth-order valence-electron chi connectivity index (χ4n) is 2.56. The molecule has 0 bridgehead atoms. The van der Waals surface area contributed by atoms with Gasteiger partial charge in [0, 0.05) is 18.0 Å². The summed E-state index contributed by atoms with van der Waals surface area (Å²) in [5, 5.41) is 8.18. The number of hydrogen-bond donors (Lipinski definition) is 1. The molecule has 0 saturated carbocycles. The summed E-state index contributed by atoms with van der Waals surface area (Å²) >= 11 is 0. The number of rotatable bonds is 7. The van der Waals surface area contributed by atoms with E-state index in [2.05, 4.69) is 15.6 Å². The van der Waals surface area contributed by atoms with Gasteiger partial charge in [-0.3, -0.25) is 9.48 Å². The van der Waals surface area contributed by atoms with Gasteiger partial charge in [-0.05, 0) is 47.5 Å². The average Bonchev–Trinajstić information content (AvgIpc) is 3.21. The van der Waals surface area contributed by atoms with Crippen molar-refractivity contribution in [1.29, 1.82) is 0 Å². The van der Waals surface area contributed by atoms with Crippen LogP contribution in [0.2, 0.25) is 0 Å². The highest BCUT2D eigenvalue weighted by Crippen LogP contribution is 2.26. The molecule has 0 unspecified atom stereocenters. The van der Waals surface area contributed by atoms with Crippen molar-refractivity contribution in [3.05, 3.63) is 77.6 Å². The summed E-state index contributed by atoms with van der Waals surface area (Å²) in [6.07, 6.45) is 5.15. The maximum Gasteiger partial charge on any atom is 0.271 e. The molecule has 1 N–H and O–H groups in total. The third-order valence-electron chi connectivity index (χ3n) is 3.88. The Morgan fingerprint density at radius 2 is 2.00 bits per heavy atom. The number of hydrazone groups is 1. The third-order valence-corrected chi connectivity index (χ3v) is 3.88. The molecule has 1 amide bonds. The van der Waals surface area contributed by atoms with Crippen LogP contribution in [-0.2, 0) is 6.54 Å². The van der Waals surface area contributed by atoms with Gasteiger partial charge >= 0.3 is 0 Å². The molecule has 7 heteroatoms.